The van der Waals surface area contributed by atoms with Crippen molar-refractivity contribution in [1.82, 2.24) is 14.8 Å². The summed E-state index contributed by atoms with van der Waals surface area (Å²) in [6.45, 7) is 4.24. The summed E-state index contributed by atoms with van der Waals surface area (Å²) in [6.07, 6.45) is 4.94. The second kappa shape index (κ2) is 12.9. The zero-order valence-electron chi connectivity index (χ0n) is 21.2. The van der Waals surface area contributed by atoms with Gasteiger partial charge in [-0.05, 0) is 70.2 Å². The Balaban J connectivity index is 1.40. The number of rotatable bonds is 3. The highest BCUT2D eigenvalue weighted by molar-refractivity contribution is 5.79. The number of hydrogen-bond acceptors (Lipinski definition) is 8. The quantitative estimate of drug-likeness (QED) is 0.600. The van der Waals surface area contributed by atoms with E-state index in [0.717, 1.165) is 51.0 Å². The van der Waals surface area contributed by atoms with E-state index in [1.807, 2.05) is 23.1 Å². The van der Waals surface area contributed by atoms with Crippen LogP contribution in [-0.2, 0) is 25.6 Å². The molecule has 1 spiro atoms. The number of amides is 1. The van der Waals surface area contributed by atoms with E-state index in [-0.39, 0.29) is 30.8 Å². The van der Waals surface area contributed by atoms with Gasteiger partial charge in [0.15, 0.2) is 0 Å². The third-order valence-corrected chi connectivity index (χ3v) is 8.10. The molecule has 1 amide bonds. The van der Waals surface area contributed by atoms with Gasteiger partial charge in [0, 0.05) is 45.0 Å². The van der Waals surface area contributed by atoms with Crippen LogP contribution in [0.3, 0.4) is 0 Å². The molecule has 2 atom stereocenters. The van der Waals surface area contributed by atoms with Crippen LogP contribution in [0.1, 0.15) is 57.1 Å². The largest absolute Gasteiger partial charge is 0.462 e. The zero-order chi connectivity index (χ0) is 25.4. The molecule has 200 valence electrons. The van der Waals surface area contributed by atoms with Crippen molar-refractivity contribution in [2.45, 2.75) is 70.1 Å². The maximum Gasteiger partial charge on any atom is 0.312 e. The molecule has 2 N–H and O–H groups in total. The van der Waals surface area contributed by atoms with E-state index in [9.17, 15) is 19.8 Å². The fourth-order valence-electron chi connectivity index (χ4n) is 5.62. The molecule has 0 aliphatic carbocycles. The van der Waals surface area contributed by atoms with Gasteiger partial charge < -0.3 is 24.6 Å². The van der Waals surface area contributed by atoms with Gasteiger partial charge >= 0.3 is 5.97 Å². The van der Waals surface area contributed by atoms with Crippen molar-refractivity contribution in [3.63, 3.8) is 0 Å². The van der Waals surface area contributed by atoms with E-state index >= 15 is 0 Å². The van der Waals surface area contributed by atoms with E-state index in [1.54, 1.807) is 6.20 Å². The number of likely N-dealkylation sites (tertiary alicyclic amines) is 1. The maximum absolute atomic E-state index is 13.3. The monoisotopic (exact) mass is 503 g/mol. The first-order valence-electron chi connectivity index (χ1n) is 13.5. The van der Waals surface area contributed by atoms with Gasteiger partial charge in [-0.15, -0.1) is 0 Å². The number of piperidine rings is 1. The standard InChI is InChI=1S/C27H41N3O6/c31-23-6-14-30(25(33)21-7-17-35-18-8-21)13-4-2-9-27(26(34)36-20-24(23)32)10-15-29(16-11-27)19-22-5-1-3-12-28-22/h1,3,5,12,21,23-24,31-32H,2,4,6-11,13-20H2/t23-,24+/m0/s1. The molecule has 0 unspecified atom stereocenters. The average Bonchev–Trinajstić information content (AvgIpc) is 2.92. The summed E-state index contributed by atoms with van der Waals surface area (Å²) in [6, 6.07) is 5.90. The number of aromatic nitrogens is 1. The molecule has 9 heteroatoms. The Morgan fingerprint density at radius 3 is 2.50 bits per heavy atom. The Bertz CT molecular complexity index is 839. The SMILES string of the molecule is O=C(C1CCOCC1)N1CCCCC2(CCN(Cc3ccccn3)CC2)C(=O)OC[C@@H](O)[C@@H](O)CC1. The summed E-state index contributed by atoms with van der Waals surface area (Å²) < 4.78 is 11.0. The number of cyclic esters (lactones) is 1. The highest BCUT2D eigenvalue weighted by atomic mass is 16.5. The second-order valence-corrected chi connectivity index (χ2v) is 10.6. The molecule has 3 aliphatic rings. The summed E-state index contributed by atoms with van der Waals surface area (Å²) in [4.78, 5) is 35.0. The minimum atomic E-state index is -1.17. The van der Waals surface area contributed by atoms with Crippen molar-refractivity contribution in [1.29, 1.82) is 0 Å². The van der Waals surface area contributed by atoms with Crippen LogP contribution in [0.2, 0.25) is 0 Å². The first-order chi connectivity index (χ1) is 17.5. The number of aliphatic hydroxyl groups is 2. The van der Waals surface area contributed by atoms with Crippen molar-refractivity contribution < 1.29 is 29.3 Å². The molecule has 9 nitrogen and oxygen atoms in total. The van der Waals surface area contributed by atoms with Crippen LogP contribution in [0.15, 0.2) is 24.4 Å². The van der Waals surface area contributed by atoms with Gasteiger partial charge in [0.1, 0.15) is 12.7 Å². The number of aliphatic hydroxyl groups excluding tert-OH is 2. The lowest BCUT2D eigenvalue weighted by Gasteiger charge is -2.40. The molecule has 0 saturated carbocycles. The molecule has 4 heterocycles. The zero-order valence-corrected chi connectivity index (χ0v) is 21.2. The summed E-state index contributed by atoms with van der Waals surface area (Å²) in [5.41, 5.74) is 0.409. The van der Waals surface area contributed by atoms with Gasteiger partial charge in [0.25, 0.3) is 0 Å². The van der Waals surface area contributed by atoms with Gasteiger partial charge in [-0.3, -0.25) is 19.5 Å². The molecule has 3 fully saturated rings. The fraction of sp³-hybridized carbons (Fsp3) is 0.741. The van der Waals surface area contributed by atoms with E-state index in [1.165, 1.54) is 0 Å². The summed E-state index contributed by atoms with van der Waals surface area (Å²) in [7, 11) is 0. The summed E-state index contributed by atoms with van der Waals surface area (Å²) in [5, 5.41) is 20.9. The van der Waals surface area contributed by atoms with Gasteiger partial charge in [-0.1, -0.05) is 12.5 Å². The second-order valence-electron chi connectivity index (χ2n) is 10.6. The van der Waals surface area contributed by atoms with E-state index in [0.29, 0.717) is 45.6 Å². The molecule has 3 saturated heterocycles. The Morgan fingerprint density at radius 2 is 1.78 bits per heavy atom. The topological polar surface area (TPSA) is 112 Å². The number of carbonyl (C=O) groups excluding carboxylic acids is 2. The third kappa shape index (κ3) is 7.03. The van der Waals surface area contributed by atoms with Crippen LogP contribution in [0.25, 0.3) is 0 Å². The Kier molecular flexibility index (Phi) is 9.70. The number of pyridine rings is 1. The van der Waals surface area contributed by atoms with Gasteiger partial charge in [-0.2, -0.15) is 0 Å². The van der Waals surface area contributed by atoms with E-state index in [4.69, 9.17) is 9.47 Å². The first kappa shape index (κ1) is 27.0. The van der Waals surface area contributed by atoms with Crippen molar-refractivity contribution in [3.8, 4) is 0 Å². The number of esters is 1. The van der Waals surface area contributed by atoms with E-state index in [2.05, 4.69) is 9.88 Å². The van der Waals surface area contributed by atoms with Crippen LogP contribution in [0.5, 0.6) is 0 Å². The lowest BCUT2D eigenvalue weighted by atomic mass is 9.74. The van der Waals surface area contributed by atoms with Crippen LogP contribution in [0.4, 0.5) is 0 Å². The van der Waals surface area contributed by atoms with Crippen molar-refractivity contribution >= 4 is 11.9 Å². The normalized spacial score (nSPS) is 27.5. The van der Waals surface area contributed by atoms with E-state index < -0.39 is 17.6 Å². The highest BCUT2D eigenvalue weighted by Gasteiger charge is 2.43. The molecule has 0 radical (unpaired) electrons. The van der Waals surface area contributed by atoms with Gasteiger partial charge in [0.05, 0.1) is 17.2 Å². The van der Waals surface area contributed by atoms with Gasteiger partial charge in [-0.25, -0.2) is 0 Å². The minimum absolute atomic E-state index is 0.0452. The lowest BCUT2D eigenvalue weighted by Crippen LogP contribution is -2.46. The third-order valence-electron chi connectivity index (χ3n) is 8.10. The molecule has 3 aliphatic heterocycles. The lowest BCUT2D eigenvalue weighted by molar-refractivity contribution is -0.165. The van der Waals surface area contributed by atoms with Crippen LogP contribution < -0.4 is 0 Å². The van der Waals surface area contributed by atoms with Crippen molar-refractivity contribution in [3.05, 3.63) is 30.1 Å². The minimum Gasteiger partial charge on any atom is -0.462 e. The maximum atomic E-state index is 13.3. The molecule has 0 bridgehead atoms. The van der Waals surface area contributed by atoms with Gasteiger partial charge in [0.2, 0.25) is 5.91 Å². The van der Waals surface area contributed by atoms with Crippen molar-refractivity contribution in [2.75, 3.05) is 46.0 Å². The molecule has 36 heavy (non-hydrogen) atoms. The fourth-order valence-corrected chi connectivity index (χ4v) is 5.62. The van der Waals surface area contributed by atoms with Crippen LogP contribution in [-0.4, -0.2) is 95.1 Å². The molecule has 1 aromatic rings. The Morgan fingerprint density at radius 1 is 1.00 bits per heavy atom. The Labute approximate surface area is 213 Å². The highest BCUT2D eigenvalue weighted by Crippen LogP contribution is 2.38. The smallest absolute Gasteiger partial charge is 0.312 e. The number of carbonyl (C=O) groups is 2. The average molecular weight is 504 g/mol. The first-order valence-corrected chi connectivity index (χ1v) is 13.5. The molecule has 4 rings (SSSR count). The predicted octanol–water partition coefficient (Wildman–Crippen LogP) is 1.76. The number of nitrogens with zero attached hydrogens (tertiary/aromatic N) is 3. The van der Waals surface area contributed by atoms with Crippen molar-refractivity contribution in [2.24, 2.45) is 11.3 Å². The summed E-state index contributed by atoms with van der Waals surface area (Å²) >= 11 is 0. The predicted molar refractivity (Wildman–Crippen MR) is 133 cm³/mol. The van der Waals surface area contributed by atoms with Crippen LogP contribution in [0, 0.1) is 11.3 Å². The Hall–Kier alpha value is -2.07. The number of ether oxygens (including phenoxy) is 2. The molecule has 1 aromatic heterocycles. The summed E-state index contributed by atoms with van der Waals surface area (Å²) in [5.74, 6) is -0.212. The van der Waals surface area contributed by atoms with Crippen LogP contribution >= 0.6 is 0 Å². The molecular weight excluding hydrogens is 462 g/mol. The number of hydrogen-bond donors (Lipinski definition) is 2. The molecule has 0 aromatic carbocycles. The molecular formula is C27H41N3O6.